The quantitative estimate of drug-likeness (QED) is 0.807. The van der Waals surface area contributed by atoms with Crippen LogP contribution >= 0.6 is 0 Å². The van der Waals surface area contributed by atoms with Crippen LogP contribution in [-0.2, 0) is 9.59 Å². The highest BCUT2D eigenvalue weighted by molar-refractivity contribution is 6.16. The van der Waals surface area contributed by atoms with Crippen LogP contribution < -0.4 is 10.2 Å². The van der Waals surface area contributed by atoms with Gasteiger partial charge in [-0.25, -0.2) is 0 Å². The van der Waals surface area contributed by atoms with E-state index in [4.69, 9.17) is 0 Å². The predicted octanol–water partition coefficient (Wildman–Crippen LogP) is 1.46. The van der Waals surface area contributed by atoms with Crippen LogP contribution in [0.1, 0.15) is 33.1 Å². The number of rotatable bonds is 5. The Bertz CT molecular complexity index is 518. The molecule has 1 aliphatic heterocycles. The smallest absolute Gasteiger partial charge is 0.268 e. The van der Waals surface area contributed by atoms with E-state index in [1.807, 2.05) is 32.0 Å². The Labute approximate surface area is 125 Å². The van der Waals surface area contributed by atoms with Crippen molar-refractivity contribution < 1.29 is 14.7 Å². The summed E-state index contributed by atoms with van der Waals surface area (Å²) < 4.78 is 0. The van der Waals surface area contributed by atoms with Crippen molar-refractivity contribution in [1.29, 1.82) is 0 Å². The summed E-state index contributed by atoms with van der Waals surface area (Å²) >= 11 is 0. The minimum absolute atomic E-state index is 0.0508. The highest BCUT2D eigenvalue weighted by Gasteiger charge is 2.51. The monoisotopic (exact) mass is 290 g/mol. The normalized spacial score (nSPS) is 23.2. The molecule has 5 heteroatoms. The molecule has 1 fully saturated rings. The Morgan fingerprint density at radius 1 is 1.43 bits per heavy atom. The number of para-hydroxylation sites is 1. The molecule has 0 spiro atoms. The molecule has 2 N–H and O–H groups in total. The summed E-state index contributed by atoms with van der Waals surface area (Å²) in [6.45, 7) is 4.24. The zero-order chi connectivity index (χ0) is 15.5. The molecule has 1 heterocycles. The van der Waals surface area contributed by atoms with Crippen molar-refractivity contribution in [2.75, 3.05) is 11.4 Å². The van der Waals surface area contributed by atoms with Crippen LogP contribution in [0.5, 0.6) is 0 Å². The number of carbonyl (C=O) groups excluding carboxylic acids is 2. The average molecular weight is 290 g/mol. The molecular formula is C16H22N2O3. The van der Waals surface area contributed by atoms with Crippen molar-refractivity contribution in [1.82, 2.24) is 5.32 Å². The van der Waals surface area contributed by atoms with Gasteiger partial charge in [0.2, 0.25) is 5.60 Å². The molecule has 1 aromatic rings. The standard InChI is InChI=1S/C16H22N2O3/c1-3-7-12(2)17-14(19)16(21)10-11-18(15(16)20)13-8-5-4-6-9-13/h4-6,8-9,12,21H,3,7,10-11H2,1-2H3,(H,17,19). The third-order valence-electron chi connectivity index (χ3n) is 3.84. The van der Waals surface area contributed by atoms with Crippen LogP contribution in [0.2, 0.25) is 0 Å². The van der Waals surface area contributed by atoms with Crippen LogP contribution in [0.15, 0.2) is 30.3 Å². The molecule has 2 amide bonds. The van der Waals surface area contributed by atoms with Gasteiger partial charge in [-0.05, 0) is 25.5 Å². The fourth-order valence-corrected chi connectivity index (χ4v) is 2.62. The Morgan fingerprint density at radius 3 is 2.71 bits per heavy atom. The molecular weight excluding hydrogens is 268 g/mol. The number of nitrogens with zero attached hydrogens (tertiary/aromatic N) is 1. The van der Waals surface area contributed by atoms with Gasteiger partial charge in [-0.1, -0.05) is 31.5 Å². The summed E-state index contributed by atoms with van der Waals surface area (Å²) in [5.41, 5.74) is -1.24. The van der Waals surface area contributed by atoms with Gasteiger partial charge in [0.1, 0.15) is 0 Å². The van der Waals surface area contributed by atoms with Gasteiger partial charge < -0.3 is 15.3 Å². The molecule has 0 aromatic heterocycles. The summed E-state index contributed by atoms with van der Waals surface area (Å²) in [7, 11) is 0. The van der Waals surface area contributed by atoms with Crippen LogP contribution in [0.3, 0.4) is 0 Å². The molecule has 2 rings (SSSR count). The summed E-state index contributed by atoms with van der Waals surface area (Å²) in [6, 6.07) is 9.04. The lowest BCUT2D eigenvalue weighted by molar-refractivity contribution is -0.149. The van der Waals surface area contributed by atoms with Gasteiger partial charge in [-0.15, -0.1) is 0 Å². The molecule has 5 nitrogen and oxygen atoms in total. The van der Waals surface area contributed by atoms with E-state index in [1.54, 1.807) is 12.1 Å². The van der Waals surface area contributed by atoms with Crippen molar-refractivity contribution in [3.63, 3.8) is 0 Å². The number of benzene rings is 1. The molecule has 0 radical (unpaired) electrons. The van der Waals surface area contributed by atoms with E-state index in [1.165, 1.54) is 4.90 Å². The molecule has 1 aliphatic rings. The van der Waals surface area contributed by atoms with E-state index >= 15 is 0 Å². The van der Waals surface area contributed by atoms with E-state index in [-0.39, 0.29) is 12.5 Å². The van der Waals surface area contributed by atoms with Gasteiger partial charge in [0, 0.05) is 24.7 Å². The van der Waals surface area contributed by atoms with E-state index in [0.717, 1.165) is 12.8 Å². The highest BCUT2D eigenvalue weighted by Crippen LogP contribution is 2.28. The van der Waals surface area contributed by atoms with Crippen LogP contribution in [0, 0.1) is 0 Å². The van der Waals surface area contributed by atoms with Gasteiger partial charge in [0.05, 0.1) is 0 Å². The van der Waals surface area contributed by atoms with Crippen LogP contribution in [-0.4, -0.2) is 35.1 Å². The first-order chi connectivity index (χ1) is 9.99. The maximum absolute atomic E-state index is 12.4. The predicted molar refractivity (Wildman–Crippen MR) is 80.9 cm³/mol. The van der Waals surface area contributed by atoms with Gasteiger partial charge >= 0.3 is 0 Å². The third-order valence-corrected chi connectivity index (χ3v) is 3.84. The maximum Gasteiger partial charge on any atom is 0.268 e. The van der Waals surface area contributed by atoms with Gasteiger partial charge in [-0.2, -0.15) is 0 Å². The lowest BCUT2D eigenvalue weighted by Gasteiger charge is -2.23. The Morgan fingerprint density at radius 2 is 2.10 bits per heavy atom. The molecule has 1 saturated heterocycles. The van der Waals surface area contributed by atoms with Crippen molar-refractivity contribution in [2.45, 2.75) is 44.8 Å². The topological polar surface area (TPSA) is 69.6 Å². The average Bonchev–Trinajstić information content (AvgIpc) is 2.77. The van der Waals surface area contributed by atoms with Crippen LogP contribution in [0.25, 0.3) is 0 Å². The SMILES string of the molecule is CCCC(C)NC(=O)C1(O)CCN(c2ccccc2)C1=O. The summed E-state index contributed by atoms with van der Waals surface area (Å²) in [5.74, 6) is -1.14. The number of nitrogens with one attached hydrogen (secondary N) is 1. The zero-order valence-corrected chi connectivity index (χ0v) is 12.5. The van der Waals surface area contributed by atoms with Crippen molar-refractivity contribution >= 4 is 17.5 Å². The van der Waals surface area contributed by atoms with Gasteiger partial charge in [0.25, 0.3) is 11.8 Å². The molecule has 2 unspecified atom stereocenters. The first-order valence-electron chi connectivity index (χ1n) is 7.39. The fraction of sp³-hybridized carbons (Fsp3) is 0.500. The maximum atomic E-state index is 12.4. The molecule has 21 heavy (non-hydrogen) atoms. The number of hydrogen-bond donors (Lipinski definition) is 2. The molecule has 0 saturated carbocycles. The number of amides is 2. The zero-order valence-electron chi connectivity index (χ0n) is 12.5. The molecule has 0 bridgehead atoms. The molecule has 0 aliphatic carbocycles. The number of carbonyl (C=O) groups is 2. The fourth-order valence-electron chi connectivity index (χ4n) is 2.62. The van der Waals surface area contributed by atoms with E-state index in [2.05, 4.69) is 5.32 Å². The number of anilines is 1. The van der Waals surface area contributed by atoms with Crippen LogP contribution in [0.4, 0.5) is 5.69 Å². The summed E-state index contributed by atoms with van der Waals surface area (Å²) in [5, 5.41) is 13.2. The second-order valence-corrected chi connectivity index (χ2v) is 5.57. The van der Waals surface area contributed by atoms with Crippen molar-refractivity contribution in [3.8, 4) is 0 Å². The summed E-state index contributed by atoms with van der Waals surface area (Å²) in [4.78, 5) is 26.1. The minimum atomic E-state index is -1.95. The Hall–Kier alpha value is -1.88. The molecule has 114 valence electrons. The molecule has 2 atom stereocenters. The summed E-state index contributed by atoms with van der Waals surface area (Å²) in [6.07, 6.45) is 1.87. The third kappa shape index (κ3) is 3.08. The lowest BCUT2D eigenvalue weighted by Crippen LogP contribution is -2.54. The Kier molecular flexibility index (Phi) is 4.63. The second kappa shape index (κ2) is 6.26. The number of aliphatic hydroxyl groups is 1. The number of hydrogen-bond acceptors (Lipinski definition) is 3. The first-order valence-corrected chi connectivity index (χ1v) is 7.39. The van der Waals surface area contributed by atoms with Crippen molar-refractivity contribution in [2.24, 2.45) is 0 Å². The van der Waals surface area contributed by atoms with Gasteiger partial charge in [-0.3, -0.25) is 9.59 Å². The minimum Gasteiger partial charge on any atom is -0.372 e. The second-order valence-electron chi connectivity index (χ2n) is 5.57. The van der Waals surface area contributed by atoms with Crippen molar-refractivity contribution in [3.05, 3.63) is 30.3 Å². The van der Waals surface area contributed by atoms with E-state index < -0.39 is 17.4 Å². The molecule has 1 aromatic carbocycles. The lowest BCUT2D eigenvalue weighted by atomic mass is 10.0. The Balaban J connectivity index is 2.10. The van der Waals surface area contributed by atoms with E-state index in [9.17, 15) is 14.7 Å². The van der Waals surface area contributed by atoms with Gasteiger partial charge in [0.15, 0.2) is 0 Å². The largest absolute Gasteiger partial charge is 0.372 e. The highest BCUT2D eigenvalue weighted by atomic mass is 16.3. The first kappa shape index (κ1) is 15.5. The van der Waals surface area contributed by atoms with E-state index in [0.29, 0.717) is 12.2 Å².